The number of likely N-dealkylation sites (N-methyl/N-ethyl adjacent to an activating group) is 1. The number of aryl methyl sites for hydroxylation is 1. The van der Waals surface area contributed by atoms with Gasteiger partial charge in [-0.15, -0.1) is 11.3 Å². The average Bonchev–Trinajstić information content (AvgIpc) is 2.89. The summed E-state index contributed by atoms with van der Waals surface area (Å²) < 4.78 is 5.29. The van der Waals surface area contributed by atoms with E-state index in [-0.39, 0.29) is 12.1 Å². The Morgan fingerprint density at radius 3 is 2.78 bits per heavy atom. The Labute approximate surface area is 143 Å². The number of carbonyl (C=O) groups is 1. The van der Waals surface area contributed by atoms with Crippen molar-refractivity contribution in [3.63, 3.8) is 0 Å². The molecule has 0 spiro atoms. The number of esters is 1. The zero-order valence-corrected chi connectivity index (χ0v) is 15.3. The molecule has 0 amide bonds. The first-order chi connectivity index (χ1) is 11.0. The molecule has 3 rings (SSSR count). The van der Waals surface area contributed by atoms with E-state index in [9.17, 15) is 4.79 Å². The predicted octanol–water partition coefficient (Wildman–Crippen LogP) is 2.87. The summed E-state index contributed by atoms with van der Waals surface area (Å²) in [5.74, 6) is -0.102. The summed E-state index contributed by atoms with van der Waals surface area (Å²) in [6.07, 6.45) is 4.08. The molecule has 128 valence electrons. The molecule has 2 heterocycles. The summed E-state index contributed by atoms with van der Waals surface area (Å²) in [5.41, 5.74) is 1.48. The molecule has 0 aromatic carbocycles. The first kappa shape index (κ1) is 16.9. The zero-order chi connectivity index (χ0) is 16.4. The Bertz CT molecular complexity index is 547. The Morgan fingerprint density at radius 1 is 1.35 bits per heavy atom. The molecule has 0 radical (unpaired) electrons. The van der Waals surface area contributed by atoms with Gasteiger partial charge in [0, 0.05) is 42.0 Å². The van der Waals surface area contributed by atoms with Crippen molar-refractivity contribution in [2.75, 3.05) is 33.2 Å². The topological polar surface area (TPSA) is 32.8 Å². The number of nitrogens with zero attached hydrogens (tertiary/aromatic N) is 2. The SMILES string of the molecule is CC(C)OC(=O)Cc1cc2c(s1)CCCC2N1CCN(C)CC1. The molecule has 0 bridgehead atoms. The summed E-state index contributed by atoms with van der Waals surface area (Å²) in [6.45, 7) is 8.43. The molecule has 23 heavy (non-hydrogen) atoms. The van der Waals surface area contributed by atoms with Crippen LogP contribution < -0.4 is 0 Å². The summed E-state index contributed by atoms with van der Waals surface area (Å²) >= 11 is 1.82. The van der Waals surface area contributed by atoms with Crippen LogP contribution in [0.15, 0.2) is 6.07 Å². The fraction of sp³-hybridized carbons (Fsp3) is 0.722. The monoisotopic (exact) mass is 336 g/mol. The van der Waals surface area contributed by atoms with Crippen LogP contribution in [0.1, 0.15) is 48.0 Å². The van der Waals surface area contributed by atoms with Crippen LogP contribution in [0, 0.1) is 0 Å². The Kier molecular flexibility index (Phi) is 5.39. The van der Waals surface area contributed by atoms with Crippen LogP contribution in [0.4, 0.5) is 0 Å². The molecule has 1 saturated heterocycles. The van der Waals surface area contributed by atoms with Crippen molar-refractivity contribution >= 4 is 17.3 Å². The maximum atomic E-state index is 11.9. The number of fused-ring (bicyclic) bond motifs is 1. The fourth-order valence-electron chi connectivity index (χ4n) is 3.64. The van der Waals surface area contributed by atoms with E-state index < -0.39 is 0 Å². The first-order valence-corrected chi connectivity index (χ1v) is 9.58. The summed E-state index contributed by atoms with van der Waals surface area (Å²) in [7, 11) is 2.20. The van der Waals surface area contributed by atoms with Crippen molar-refractivity contribution in [3.8, 4) is 0 Å². The van der Waals surface area contributed by atoms with Gasteiger partial charge in [-0.1, -0.05) is 0 Å². The summed E-state index contributed by atoms with van der Waals surface area (Å²) in [4.78, 5) is 19.6. The predicted molar refractivity (Wildman–Crippen MR) is 94.0 cm³/mol. The fourth-order valence-corrected chi connectivity index (χ4v) is 4.89. The minimum Gasteiger partial charge on any atom is -0.463 e. The van der Waals surface area contributed by atoms with Crippen LogP contribution in [-0.2, 0) is 22.4 Å². The summed E-state index contributed by atoms with van der Waals surface area (Å²) in [6, 6.07) is 2.84. The van der Waals surface area contributed by atoms with Gasteiger partial charge in [0.15, 0.2) is 0 Å². The van der Waals surface area contributed by atoms with Crippen molar-refractivity contribution in [2.45, 2.75) is 51.7 Å². The second kappa shape index (κ2) is 7.32. The molecule has 1 aromatic heterocycles. The molecule has 1 unspecified atom stereocenters. The van der Waals surface area contributed by atoms with Gasteiger partial charge >= 0.3 is 5.97 Å². The molecule has 0 saturated carbocycles. The van der Waals surface area contributed by atoms with E-state index in [1.807, 2.05) is 25.2 Å². The second-order valence-corrected chi connectivity index (χ2v) is 8.28. The van der Waals surface area contributed by atoms with Gasteiger partial charge in [0.1, 0.15) is 0 Å². The number of rotatable bonds is 4. The molecule has 0 N–H and O–H groups in total. The van der Waals surface area contributed by atoms with Gasteiger partial charge in [0.05, 0.1) is 12.5 Å². The van der Waals surface area contributed by atoms with E-state index in [1.54, 1.807) is 0 Å². The maximum absolute atomic E-state index is 11.9. The van der Waals surface area contributed by atoms with Crippen molar-refractivity contribution < 1.29 is 9.53 Å². The molecular formula is C18H28N2O2S. The zero-order valence-electron chi connectivity index (χ0n) is 14.5. The van der Waals surface area contributed by atoms with E-state index in [4.69, 9.17) is 4.74 Å². The third-order valence-corrected chi connectivity index (χ3v) is 6.01. The highest BCUT2D eigenvalue weighted by molar-refractivity contribution is 7.12. The van der Waals surface area contributed by atoms with Gasteiger partial charge in [-0.25, -0.2) is 0 Å². The van der Waals surface area contributed by atoms with E-state index in [0.29, 0.717) is 12.5 Å². The molecule has 1 aromatic rings. The lowest BCUT2D eigenvalue weighted by Gasteiger charge is -2.39. The van der Waals surface area contributed by atoms with E-state index in [0.717, 1.165) is 26.2 Å². The number of piperazine rings is 1. The smallest absolute Gasteiger partial charge is 0.311 e. The third kappa shape index (κ3) is 4.14. The Morgan fingerprint density at radius 2 is 2.09 bits per heavy atom. The number of thiophene rings is 1. The lowest BCUT2D eigenvalue weighted by Crippen LogP contribution is -2.46. The van der Waals surface area contributed by atoms with Gasteiger partial charge in [0.2, 0.25) is 0 Å². The first-order valence-electron chi connectivity index (χ1n) is 8.76. The third-order valence-electron chi connectivity index (χ3n) is 4.80. The molecule has 5 heteroatoms. The lowest BCUT2D eigenvalue weighted by molar-refractivity contribution is -0.146. The number of carbonyl (C=O) groups excluding carboxylic acids is 1. The Hall–Kier alpha value is -0.910. The normalized spacial score (nSPS) is 23.0. The number of hydrogen-bond acceptors (Lipinski definition) is 5. The van der Waals surface area contributed by atoms with Crippen molar-refractivity contribution in [1.82, 2.24) is 9.80 Å². The molecule has 1 aliphatic heterocycles. The van der Waals surface area contributed by atoms with E-state index in [2.05, 4.69) is 22.9 Å². The van der Waals surface area contributed by atoms with Crippen LogP contribution in [-0.4, -0.2) is 55.1 Å². The van der Waals surface area contributed by atoms with E-state index >= 15 is 0 Å². The average molecular weight is 337 g/mol. The highest BCUT2D eigenvalue weighted by Crippen LogP contribution is 2.39. The quantitative estimate of drug-likeness (QED) is 0.792. The second-order valence-electron chi connectivity index (χ2n) is 7.05. The molecule has 2 aliphatic rings. The van der Waals surface area contributed by atoms with Gasteiger partial charge in [-0.2, -0.15) is 0 Å². The molecule has 1 atom stereocenters. The van der Waals surface area contributed by atoms with E-state index in [1.165, 1.54) is 34.6 Å². The summed E-state index contributed by atoms with van der Waals surface area (Å²) in [5, 5.41) is 0. The van der Waals surface area contributed by atoms with Crippen molar-refractivity contribution in [2.24, 2.45) is 0 Å². The Balaban J connectivity index is 1.70. The molecule has 1 aliphatic carbocycles. The number of ether oxygens (including phenoxy) is 1. The van der Waals surface area contributed by atoms with Crippen LogP contribution in [0.25, 0.3) is 0 Å². The van der Waals surface area contributed by atoms with Gasteiger partial charge in [0.25, 0.3) is 0 Å². The minimum absolute atomic E-state index is 0.0322. The maximum Gasteiger partial charge on any atom is 0.311 e. The van der Waals surface area contributed by atoms with Crippen LogP contribution in [0.5, 0.6) is 0 Å². The highest BCUT2D eigenvalue weighted by Gasteiger charge is 2.29. The van der Waals surface area contributed by atoms with Crippen molar-refractivity contribution in [1.29, 1.82) is 0 Å². The van der Waals surface area contributed by atoms with Crippen LogP contribution >= 0.6 is 11.3 Å². The molecule has 1 fully saturated rings. The van der Waals surface area contributed by atoms with Gasteiger partial charge in [-0.3, -0.25) is 9.69 Å². The van der Waals surface area contributed by atoms with Crippen molar-refractivity contribution in [3.05, 3.63) is 21.4 Å². The largest absolute Gasteiger partial charge is 0.463 e. The van der Waals surface area contributed by atoms with Crippen LogP contribution in [0.3, 0.4) is 0 Å². The number of hydrogen-bond donors (Lipinski definition) is 0. The molecular weight excluding hydrogens is 308 g/mol. The van der Waals surface area contributed by atoms with Gasteiger partial charge in [-0.05, 0) is 51.8 Å². The standard InChI is InChI=1S/C18H28N2O2S/c1-13(2)22-18(21)12-14-11-15-16(5-4-6-17(15)23-14)20-9-7-19(3)8-10-20/h11,13,16H,4-10,12H2,1-3H3. The van der Waals surface area contributed by atoms with Gasteiger partial charge < -0.3 is 9.64 Å². The highest BCUT2D eigenvalue weighted by atomic mass is 32.1. The minimum atomic E-state index is -0.102. The van der Waals surface area contributed by atoms with Crippen LogP contribution in [0.2, 0.25) is 0 Å². The lowest BCUT2D eigenvalue weighted by atomic mass is 9.92. The molecule has 4 nitrogen and oxygen atoms in total.